The summed E-state index contributed by atoms with van der Waals surface area (Å²) in [5, 5.41) is -0.123. The van der Waals surface area contributed by atoms with Crippen LogP contribution >= 0.6 is 27.5 Å². The second-order valence-electron chi connectivity index (χ2n) is 4.79. The average molecular weight is 361 g/mol. The normalized spacial score (nSPS) is 13.0. The minimum Gasteiger partial charge on any atom is -0.385 e. The van der Waals surface area contributed by atoms with Crippen LogP contribution in [0.25, 0.3) is 11.2 Å². The molecular formula is C14H19BrClN3O. The molecule has 0 amide bonds. The molecule has 0 aliphatic carbocycles. The van der Waals surface area contributed by atoms with Crippen LogP contribution in [-0.2, 0) is 11.3 Å². The lowest BCUT2D eigenvalue weighted by atomic mass is 10.2. The van der Waals surface area contributed by atoms with Crippen molar-refractivity contribution in [3.05, 3.63) is 22.6 Å². The first-order valence-corrected chi connectivity index (χ1v) is 8.01. The molecule has 2 aromatic rings. The van der Waals surface area contributed by atoms with Crippen LogP contribution in [0.1, 0.15) is 37.4 Å². The number of hydrogen-bond acceptors (Lipinski definition) is 3. The highest BCUT2D eigenvalue weighted by molar-refractivity contribution is 9.10. The van der Waals surface area contributed by atoms with E-state index in [0.29, 0.717) is 0 Å². The Kier molecular flexibility index (Phi) is 5.81. The largest absolute Gasteiger partial charge is 0.385 e. The Morgan fingerprint density at radius 1 is 1.40 bits per heavy atom. The van der Waals surface area contributed by atoms with Gasteiger partial charge in [-0.25, -0.2) is 9.97 Å². The first-order chi connectivity index (χ1) is 9.63. The van der Waals surface area contributed by atoms with Crippen molar-refractivity contribution in [1.29, 1.82) is 0 Å². The van der Waals surface area contributed by atoms with Gasteiger partial charge in [-0.1, -0.05) is 0 Å². The van der Waals surface area contributed by atoms with Crippen LogP contribution < -0.4 is 0 Å². The molecule has 4 nitrogen and oxygen atoms in total. The zero-order chi connectivity index (χ0) is 14.5. The molecule has 2 aromatic heterocycles. The summed E-state index contributed by atoms with van der Waals surface area (Å²) in [6.07, 6.45) is 5.07. The van der Waals surface area contributed by atoms with E-state index >= 15 is 0 Å². The number of alkyl halides is 1. The van der Waals surface area contributed by atoms with E-state index in [-0.39, 0.29) is 5.38 Å². The Morgan fingerprint density at radius 2 is 2.20 bits per heavy atom. The van der Waals surface area contributed by atoms with Gasteiger partial charge in [0.15, 0.2) is 5.65 Å². The number of nitrogens with zero attached hydrogens (tertiary/aromatic N) is 3. The van der Waals surface area contributed by atoms with Crippen molar-refractivity contribution in [2.45, 2.75) is 38.1 Å². The van der Waals surface area contributed by atoms with Crippen LogP contribution in [0, 0.1) is 0 Å². The molecule has 1 atom stereocenters. The van der Waals surface area contributed by atoms with Gasteiger partial charge in [-0.3, -0.25) is 0 Å². The summed E-state index contributed by atoms with van der Waals surface area (Å²) in [6.45, 7) is 3.65. The van der Waals surface area contributed by atoms with E-state index in [4.69, 9.17) is 16.3 Å². The maximum absolute atomic E-state index is 6.24. The van der Waals surface area contributed by atoms with Crippen LogP contribution in [0.15, 0.2) is 16.7 Å². The lowest BCUT2D eigenvalue weighted by Gasteiger charge is -2.09. The Labute approximate surface area is 132 Å². The molecule has 2 heterocycles. The molecule has 0 radical (unpaired) electrons. The summed E-state index contributed by atoms with van der Waals surface area (Å²) >= 11 is 9.67. The van der Waals surface area contributed by atoms with Crippen LogP contribution in [0.5, 0.6) is 0 Å². The fraction of sp³-hybridized carbons (Fsp3) is 0.571. The Balaban J connectivity index is 2.18. The molecule has 0 aliphatic heterocycles. The van der Waals surface area contributed by atoms with Gasteiger partial charge in [0.2, 0.25) is 0 Å². The van der Waals surface area contributed by atoms with Gasteiger partial charge in [0.1, 0.15) is 11.3 Å². The minimum absolute atomic E-state index is 0.123. The second-order valence-corrected chi connectivity index (χ2v) is 6.36. The lowest BCUT2D eigenvalue weighted by molar-refractivity contribution is 0.191. The first-order valence-electron chi connectivity index (χ1n) is 6.78. The topological polar surface area (TPSA) is 39.9 Å². The van der Waals surface area contributed by atoms with Crippen molar-refractivity contribution in [3.8, 4) is 0 Å². The number of unbranched alkanes of at least 4 members (excludes halogenated alkanes) is 2. The van der Waals surface area contributed by atoms with E-state index in [0.717, 1.165) is 53.9 Å². The molecule has 0 aromatic carbocycles. The van der Waals surface area contributed by atoms with Crippen molar-refractivity contribution < 1.29 is 4.74 Å². The molecule has 20 heavy (non-hydrogen) atoms. The zero-order valence-corrected chi connectivity index (χ0v) is 14.1. The van der Waals surface area contributed by atoms with Crippen molar-refractivity contribution in [3.63, 3.8) is 0 Å². The van der Waals surface area contributed by atoms with Crippen LogP contribution in [0.3, 0.4) is 0 Å². The number of imidazole rings is 1. The van der Waals surface area contributed by atoms with Crippen LogP contribution in [0.2, 0.25) is 0 Å². The number of aromatic nitrogens is 3. The molecule has 2 rings (SSSR count). The molecule has 0 saturated heterocycles. The van der Waals surface area contributed by atoms with Crippen molar-refractivity contribution in [1.82, 2.24) is 14.5 Å². The first kappa shape index (κ1) is 15.7. The molecule has 110 valence electrons. The van der Waals surface area contributed by atoms with Gasteiger partial charge < -0.3 is 9.30 Å². The summed E-state index contributed by atoms with van der Waals surface area (Å²) in [5.74, 6) is 0.888. The summed E-state index contributed by atoms with van der Waals surface area (Å²) in [6, 6.07) is 1.98. The molecule has 0 bridgehead atoms. The van der Waals surface area contributed by atoms with Gasteiger partial charge in [-0.15, -0.1) is 11.6 Å². The van der Waals surface area contributed by atoms with E-state index in [9.17, 15) is 0 Å². The van der Waals surface area contributed by atoms with Gasteiger partial charge in [0.05, 0.1) is 5.38 Å². The number of halogens is 2. The number of rotatable bonds is 7. The quantitative estimate of drug-likeness (QED) is 0.545. The van der Waals surface area contributed by atoms with E-state index < -0.39 is 0 Å². The van der Waals surface area contributed by atoms with E-state index in [1.165, 1.54) is 0 Å². The van der Waals surface area contributed by atoms with Gasteiger partial charge in [0.25, 0.3) is 0 Å². The van der Waals surface area contributed by atoms with Gasteiger partial charge in [-0.05, 0) is 48.2 Å². The SMILES string of the molecule is COCCCCCn1c(C(C)Cl)nc2cc(Br)cnc21. The van der Waals surface area contributed by atoms with Gasteiger partial charge in [0, 0.05) is 30.9 Å². The average Bonchev–Trinajstić information content (AvgIpc) is 2.76. The third-order valence-electron chi connectivity index (χ3n) is 3.17. The van der Waals surface area contributed by atoms with Gasteiger partial charge in [-0.2, -0.15) is 0 Å². The smallest absolute Gasteiger partial charge is 0.160 e. The zero-order valence-electron chi connectivity index (χ0n) is 11.8. The number of methoxy groups -OCH3 is 1. The monoisotopic (exact) mass is 359 g/mol. The number of fused-ring (bicyclic) bond motifs is 1. The Hall–Kier alpha value is -0.650. The van der Waals surface area contributed by atoms with E-state index in [1.54, 1.807) is 13.3 Å². The third-order valence-corrected chi connectivity index (χ3v) is 3.80. The van der Waals surface area contributed by atoms with E-state index in [2.05, 4.69) is 30.5 Å². The van der Waals surface area contributed by atoms with Crippen LogP contribution in [0.4, 0.5) is 0 Å². The van der Waals surface area contributed by atoms with Crippen LogP contribution in [-0.4, -0.2) is 28.3 Å². The third kappa shape index (κ3) is 3.71. The predicted molar refractivity (Wildman–Crippen MR) is 85.2 cm³/mol. The number of pyridine rings is 1. The maximum atomic E-state index is 6.24. The fourth-order valence-electron chi connectivity index (χ4n) is 2.22. The molecule has 0 N–H and O–H groups in total. The highest BCUT2D eigenvalue weighted by Gasteiger charge is 2.15. The van der Waals surface area contributed by atoms with Crippen molar-refractivity contribution in [2.24, 2.45) is 0 Å². The van der Waals surface area contributed by atoms with Crippen molar-refractivity contribution >= 4 is 38.7 Å². The summed E-state index contributed by atoms with van der Waals surface area (Å²) in [4.78, 5) is 9.07. The Bertz CT molecular complexity index is 571. The molecule has 0 aliphatic rings. The maximum Gasteiger partial charge on any atom is 0.160 e. The summed E-state index contributed by atoms with van der Waals surface area (Å²) in [5.41, 5.74) is 1.79. The molecular weight excluding hydrogens is 342 g/mol. The second kappa shape index (κ2) is 7.38. The highest BCUT2D eigenvalue weighted by atomic mass is 79.9. The standard InChI is InChI=1S/C14H19BrClN3O/c1-10(16)13-18-12-8-11(15)9-17-14(12)19(13)6-4-3-5-7-20-2/h8-10H,3-7H2,1-2H3. The predicted octanol–water partition coefficient (Wildman–Crippen LogP) is 4.31. The Morgan fingerprint density at radius 3 is 2.90 bits per heavy atom. The molecule has 6 heteroatoms. The highest BCUT2D eigenvalue weighted by Crippen LogP contribution is 2.25. The minimum atomic E-state index is -0.123. The molecule has 0 saturated carbocycles. The lowest BCUT2D eigenvalue weighted by Crippen LogP contribution is -2.05. The molecule has 1 unspecified atom stereocenters. The number of aryl methyl sites for hydroxylation is 1. The summed E-state index contributed by atoms with van der Waals surface area (Å²) < 4.78 is 8.13. The molecule has 0 spiro atoms. The van der Waals surface area contributed by atoms with E-state index in [1.807, 2.05) is 13.0 Å². The number of hydrogen-bond donors (Lipinski definition) is 0. The fourth-order valence-corrected chi connectivity index (χ4v) is 2.71. The number of ether oxygens (including phenoxy) is 1. The summed E-state index contributed by atoms with van der Waals surface area (Å²) in [7, 11) is 1.73. The van der Waals surface area contributed by atoms with Crippen molar-refractivity contribution in [2.75, 3.05) is 13.7 Å². The molecule has 0 fully saturated rings. The van der Waals surface area contributed by atoms with Gasteiger partial charge >= 0.3 is 0 Å².